The predicted octanol–water partition coefficient (Wildman–Crippen LogP) is 1.45. The normalized spacial score (nSPS) is 29.3. The van der Waals surface area contributed by atoms with Crippen LogP contribution in [0.25, 0.3) is 0 Å². The second-order valence-electron chi connectivity index (χ2n) is 7.73. The Labute approximate surface area is 148 Å². The Hall–Kier alpha value is -2.05. The van der Waals surface area contributed by atoms with Crippen LogP contribution in [0.2, 0.25) is 0 Å². The molecule has 0 radical (unpaired) electrons. The number of nitrogens with zero attached hydrogens (tertiary/aromatic N) is 4. The van der Waals surface area contributed by atoms with Gasteiger partial charge in [-0.3, -0.25) is 9.48 Å². The van der Waals surface area contributed by atoms with Crippen LogP contribution in [0, 0.1) is 5.92 Å². The highest BCUT2D eigenvalue weighted by Crippen LogP contribution is 2.56. The number of nitrogens with one attached hydrogen (secondary N) is 1. The molecule has 4 rings (SSSR count). The average molecular weight is 345 g/mol. The van der Waals surface area contributed by atoms with Crippen LogP contribution in [0.15, 0.2) is 12.4 Å². The maximum absolute atomic E-state index is 13.0. The number of carbonyl (C=O) groups is 2. The zero-order valence-electron chi connectivity index (χ0n) is 15.1. The Kier molecular flexibility index (Phi) is 3.96. The second kappa shape index (κ2) is 6.04. The first-order valence-electron chi connectivity index (χ1n) is 9.33. The predicted molar refractivity (Wildman–Crippen MR) is 92.7 cm³/mol. The van der Waals surface area contributed by atoms with Crippen LogP contribution < -0.4 is 5.32 Å². The summed E-state index contributed by atoms with van der Waals surface area (Å²) < 4.78 is 1.82. The van der Waals surface area contributed by atoms with E-state index in [9.17, 15) is 9.59 Å². The summed E-state index contributed by atoms with van der Waals surface area (Å²) in [6, 6.07) is 0.209. The van der Waals surface area contributed by atoms with E-state index in [2.05, 4.69) is 21.5 Å². The molecule has 2 atom stereocenters. The van der Waals surface area contributed by atoms with Crippen molar-refractivity contribution in [3.63, 3.8) is 0 Å². The van der Waals surface area contributed by atoms with Crippen molar-refractivity contribution in [3.05, 3.63) is 18.0 Å². The smallest absolute Gasteiger partial charge is 0.318 e. The van der Waals surface area contributed by atoms with E-state index in [1.54, 1.807) is 6.92 Å². The Morgan fingerprint density at radius 3 is 2.52 bits per heavy atom. The third-order valence-corrected chi connectivity index (χ3v) is 6.45. The minimum Gasteiger partial charge on any atom is -0.343 e. The van der Waals surface area contributed by atoms with Gasteiger partial charge in [-0.15, -0.1) is 0 Å². The molecule has 0 aromatic carbocycles. The Balaban J connectivity index is 1.44. The summed E-state index contributed by atoms with van der Waals surface area (Å²) in [7, 11) is 1.93. The van der Waals surface area contributed by atoms with Crippen LogP contribution in [0.3, 0.4) is 0 Å². The minimum absolute atomic E-state index is 0.0485. The summed E-state index contributed by atoms with van der Waals surface area (Å²) >= 11 is 0. The SMILES string of the molecule is CC(=O)N1CCC(NC(=O)N2CCC3CCC32c2cnn(C)c2)CC1. The molecule has 1 saturated carbocycles. The molecule has 2 unspecified atom stereocenters. The van der Waals surface area contributed by atoms with Gasteiger partial charge < -0.3 is 15.1 Å². The number of amides is 3. The van der Waals surface area contributed by atoms with Gasteiger partial charge in [0, 0.05) is 51.4 Å². The van der Waals surface area contributed by atoms with Crippen molar-refractivity contribution in [3.8, 4) is 0 Å². The molecule has 1 aromatic heterocycles. The van der Waals surface area contributed by atoms with Gasteiger partial charge in [-0.2, -0.15) is 5.10 Å². The zero-order valence-corrected chi connectivity index (χ0v) is 15.1. The third kappa shape index (κ3) is 2.60. The van der Waals surface area contributed by atoms with Crippen LogP contribution in [-0.4, -0.2) is 57.2 Å². The first-order chi connectivity index (χ1) is 12.0. The van der Waals surface area contributed by atoms with Gasteiger partial charge in [-0.1, -0.05) is 0 Å². The Morgan fingerprint density at radius 2 is 1.96 bits per heavy atom. The fourth-order valence-electron chi connectivity index (χ4n) is 4.90. The molecule has 7 heteroatoms. The van der Waals surface area contributed by atoms with Crippen LogP contribution in [0.1, 0.15) is 44.6 Å². The van der Waals surface area contributed by atoms with Crippen molar-refractivity contribution >= 4 is 11.9 Å². The van der Waals surface area contributed by atoms with Crippen LogP contribution in [0.4, 0.5) is 4.79 Å². The van der Waals surface area contributed by atoms with Gasteiger partial charge in [0.05, 0.1) is 11.7 Å². The van der Waals surface area contributed by atoms with E-state index >= 15 is 0 Å². The number of fused-ring (bicyclic) bond motifs is 1. The largest absolute Gasteiger partial charge is 0.343 e. The highest BCUT2D eigenvalue weighted by molar-refractivity contribution is 5.77. The van der Waals surface area contributed by atoms with Crippen LogP contribution in [-0.2, 0) is 17.4 Å². The van der Waals surface area contributed by atoms with Gasteiger partial charge in [0.15, 0.2) is 0 Å². The van der Waals surface area contributed by atoms with Gasteiger partial charge in [-0.05, 0) is 38.0 Å². The van der Waals surface area contributed by atoms with Crippen molar-refractivity contribution in [2.75, 3.05) is 19.6 Å². The number of hydrogen-bond acceptors (Lipinski definition) is 3. The van der Waals surface area contributed by atoms with Gasteiger partial charge >= 0.3 is 6.03 Å². The number of hydrogen-bond donors (Lipinski definition) is 1. The summed E-state index contributed by atoms with van der Waals surface area (Å²) in [5.41, 5.74) is 1.02. The Morgan fingerprint density at radius 1 is 1.20 bits per heavy atom. The molecule has 25 heavy (non-hydrogen) atoms. The van der Waals surface area contributed by atoms with Gasteiger partial charge in [0.2, 0.25) is 5.91 Å². The molecular weight excluding hydrogens is 318 g/mol. The number of likely N-dealkylation sites (tertiary alicyclic amines) is 2. The number of aryl methyl sites for hydroxylation is 1. The summed E-state index contributed by atoms with van der Waals surface area (Å²) in [6.45, 7) is 3.89. The zero-order chi connectivity index (χ0) is 17.6. The van der Waals surface area contributed by atoms with Crippen molar-refractivity contribution in [2.45, 2.75) is 50.6 Å². The molecule has 1 N–H and O–H groups in total. The van der Waals surface area contributed by atoms with Gasteiger partial charge in [0.1, 0.15) is 0 Å². The lowest BCUT2D eigenvalue weighted by molar-refractivity contribution is -0.129. The second-order valence-corrected chi connectivity index (χ2v) is 7.73. The molecule has 2 aliphatic heterocycles. The molecule has 1 aliphatic carbocycles. The van der Waals surface area contributed by atoms with E-state index < -0.39 is 0 Å². The molecule has 0 bridgehead atoms. The molecular formula is C18H27N5O2. The number of carbonyl (C=O) groups excluding carboxylic acids is 2. The summed E-state index contributed by atoms with van der Waals surface area (Å²) in [6.07, 6.45) is 8.94. The highest BCUT2D eigenvalue weighted by Gasteiger charge is 2.58. The van der Waals surface area contributed by atoms with Gasteiger partial charge in [-0.25, -0.2) is 4.79 Å². The lowest BCUT2D eigenvalue weighted by Gasteiger charge is -2.49. The number of urea groups is 1. The highest BCUT2D eigenvalue weighted by atomic mass is 16.2. The standard InChI is InChI=1S/C18H27N5O2/c1-13(24)22-8-5-16(6-9-22)20-17(25)23-10-4-14-3-7-18(14,23)15-11-19-21(2)12-15/h11-12,14,16H,3-10H2,1-2H3,(H,20,25). The maximum atomic E-state index is 13.0. The number of aromatic nitrogens is 2. The molecule has 0 spiro atoms. The summed E-state index contributed by atoms with van der Waals surface area (Å²) in [5.74, 6) is 0.680. The van der Waals surface area contributed by atoms with E-state index in [0.717, 1.165) is 45.3 Å². The van der Waals surface area contributed by atoms with Crippen molar-refractivity contribution in [1.82, 2.24) is 24.9 Å². The number of rotatable bonds is 2. The molecule has 3 amide bonds. The fourth-order valence-corrected chi connectivity index (χ4v) is 4.90. The summed E-state index contributed by atoms with van der Waals surface area (Å²) in [4.78, 5) is 28.4. The van der Waals surface area contributed by atoms with E-state index in [-0.39, 0.29) is 23.5 Å². The van der Waals surface area contributed by atoms with E-state index in [1.165, 1.54) is 12.0 Å². The molecule has 3 heterocycles. The average Bonchev–Trinajstić information content (AvgIpc) is 3.09. The lowest BCUT2D eigenvalue weighted by Crippen LogP contribution is -2.58. The maximum Gasteiger partial charge on any atom is 0.318 e. The number of piperidine rings is 1. The monoisotopic (exact) mass is 345 g/mol. The fraction of sp³-hybridized carbons (Fsp3) is 0.722. The van der Waals surface area contributed by atoms with E-state index in [1.807, 2.05) is 22.8 Å². The lowest BCUT2D eigenvalue weighted by atomic mass is 9.64. The molecule has 136 valence electrons. The minimum atomic E-state index is -0.154. The Bertz CT molecular complexity index is 679. The van der Waals surface area contributed by atoms with Crippen LogP contribution in [0.5, 0.6) is 0 Å². The first kappa shape index (κ1) is 16.4. The summed E-state index contributed by atoms with van der Waals surface area (Å²) in [5, 5.41) is 7.56. The van der Waals surface area contributed by atoms with Gasteiger partial charge in [0.25, 0.3) is 0 Å². The van der Waals surface area contributed by atoms with E-state index in [4.69, 9.17) is 0 Å². The van der Waals surface area contributed by atoms with Crippen molar-refractivity contribution in [2.24, 2.45) is 13.0 Å². The molecule has 3 aliphatic rings. The first-order valence-corrected chi connectivity index (χ1v) is 9.33. The van der Waals surface area contributed by atoms with E-state index in [0.29, 0.717) is 5.92 Å². The third-order valence-electron chi connectivity index (χ3n) is 6.45. The molecule has 1 aromatic rings. The van der Waals surface area contributed by atoms with Crippen LogP contribution >= 0.6 is 0 Å². The molecule has 7 nitrogen and oxygen atoms in total. The quantitative estimate of drug-likeness (QED) is 0.882. The van der Waals surface area contributed by atoms with Crippen molar-refractivity contribution in [1.29, 1.82) is 0 Å². The molecule has 3 fully saturated rings. The topological polar surface area (TPSA) is 70.5 Å². The molecule has 2 saturated heterocycles. The van der Waals surface area contributed by atoms with Crippen molar-refractivity contribution < 1.29 is 9.59 Å².